The van der Waals surface area contributed by atoms with Crippen molar-refractivity contribution >= 4 is 11.8 Å². The van der Waals surface area contributed by atoms with Gasteiger partial charge in [0.1, 0.15) is 5.75 Å². The van der Waals surface area contributed by atoms with Crippen LogP contribution in [0.25, 0.3) is 0 Å². The van der Waals surface area contributed by atoms with Crippen LogP contribution in [0.4, 0.5) is 0 Å². The summed E-state index contributed by atoms with van der Waals surface area (Å²) in [4.78, 5) is 23.5. The first kappa shape index (κ1) is 12.8. The van der Waals surface area contributed by atoms with Crippen LogP contribution in [0, 0.1) is 0 Å². The zero-order chi connectivity index (χ0) is 13.8. The Balaban J connectivity index is 2.54. The van der Waals surface area contributed by atoms with Crippen LogP contribution in [0.5, 0.6) is 5.75 Å². The number of carboxylic acid groups (broad SMARTS) is 1. The van der Waals surface area contributed by atoms with Gasteiger partial charge < -0.3 is 9.84 Å². The maximum absolute atomic E-state index is 12.3. The van der Waals surface area contributed by atoms with Crippen LogP contribution in [-0.2, 0) is 0 Å². The minimum absolute atomic E-state index is 0.0327. The van der Waals surface area contributed by atoms with E-state index in [1.807, 2.05) is 0 Å². The fraction of sp³-hybridized carbons (Fsp3) is 0.0667. The molecule has 0 bridgehead atoms. The second-order valence-corrected chi connectivity index (χ2v) is 3.91. The molecule has 19 heavy (non-hydrogen) atoms. The van der Waals surface area contributed by atoms with E-state index in [2.05, 4.69) is 0 Å². The van der Waals surface area contributed by atoms with Crippen LogP contribution in [0.3, 0.4) is 0 Å². The lowest BCUT2D eigenvalue weighted by Crippen LogP contribution is -2.10. The Hall–Kier alpha value is -2.62. The highest BCUT2D eigenvalue weighted by Gasteiger charge is 2.18. The third-order valence-electron chi connectivity index (χ3n) is 2.74. The lowest BCUT2D eigenvalue weighted by atomic mass is 9.98. The van der Waals surface area contributed by atoms with Gasteiger partial charge in [-0.25, -0.2) is 4.79 Å². The molecule has 4 nitrogen and oxygen atoms in total. The Bertz CT molecular complexity index is 617. The van der Waals surface area contributed by atoms with Crippen LogP contribution in [-0.4, -0.2) is 24.0 Å². The quantitative estimate of drug-likeness (QED) is 0.854. The lowest BCUT2D eigenvalue weighted by Gasteiger charge is -2.07. The Morgan fingerprint density at radius 1 is 1.00 bits per heavy atom. The predicted molar refractivity (Wildman–Crippen MR) is 69.8 cm³/mol. The van der Waals surface area contributed by atoms with Crippen molar-refractivity contribution in [2.75, 3.05) is 7.11 Å². The first-order valence-corrected chi connectivity index (χ1v) is 5.64. The molecule has 0 aliphatic rings. The molecule has 0 aliphatic carbocycles. The van der Waals surface area contributed by atoms with Crippen LogP contribution in [0.2, 0.25) is 0 Å². The summed E-state index contributed by atoms with van der Waals surface area (Å²) < 4.78 is 5.03. The molecule has 0 atom stereocenters. The fourth-order valence-electron chi connectivity index (χ4n) is 1.77. The van der Waals surface area contributed by atoms with Gasteiger partial charge in [-0.1, -0.05) is 30.3 Å². The van der Waals surface area contributed by atoms with E-state index in [4.69, 9.17) is 9.84 Å². The smallest absolute Gasteiger partial charge is 0.336 e. The number of carbonyl (C=O) groups is 2. The normalized spacial score (nSPS) is 9.95. The van der Waals surface area contributed by atoms with Crippen molar-refractivity contribution in [2.45, 2.75) is 0 Å². The fourth-order valence-corrected chi connectivity index (χ4v) is 1.77. The van der Waals surface area contributed by atoms with Gasteiger partial charge in [-0.3, -0.25) is 4.79 Å². The number of carboxylic acids is 1. The van der Waals surface area contributed by atoms with Crippen LogP contribution in [0.15, 0.2) is 48.5 Å². The summed E-state index contributed by atoms with van der Waals surface area (Å²) in [5.41, 5.74) is 0.533. The molecule has 0 amide bonds. The Kier molecular flexibility index (Phi) is 3.61. The summed E-state index contributed by atoms with van der Waals surface area (Å²) in [7, 11) is 1.46. The molecule has 0 aliphatic heterocycles. The van der Waals surface area contributed by atoms with E-state index in [-0.39, 0.29) is 16.9 Å². The van der Waals surface area contributed by atoms with Crippen molar-refractivity contribution < 1.29 is 19.4 Å². The third-order valence-corrected chi connectivity index (χ3v) is 2.74. The van der Waals surface area contributed by atoms with Gasteiger partial charge in [0.25, 0.3) is 0 Å². The summed E-state index contributed by atoms with van der Waals surface area (Å²) in [6.07, 6.45) is 0. The van der Waals surface area contributed by atoms with Gasteiger partial charge in [-0.05, 0) is 18.2 Å². The minimum Gasteiger partial charge on any atom is -0.497 e. The third kappa shape index (κ3) is 2.63. The highest BCUT2D eigenvalue weighted by atomic mass is 16.5. The molecule has 1 N–H and O–H groups in total. The van der Waals surface area contributed by atoms with Crippen LogP contribution < -0.4 is 4.74 Å². The van der Waals surface area contributed by atoms with Crippen molar-refractivity contribution in [1.29, 1.82) is 0 Å². The first-order chi connectivity index (χ1) is 9.13. The number of hydrogen-bond acceptors (Lipinski definition) is 3. The van der Waals surface area contributed by atoms with Gasteiger partial charge in [-0.2, -0.15) is 0 Å². The number of rotatable bonds is 4. The van der Waals surface area contributed by atoms with E-state index < -0.39 is 5.97 Å². The first-order valence-electron chi connectivity index (χ1n) is 5.64. The highest BCUT2D eigenvalue weighted by molar-refractivity contribution is 6.14. The SMILES string of the molecule is COc1ccc(C(=O)O)c(C(=O)c2ccccc2)c1. The number of carbonyl (C=O) groups excluding carboxylic acids is 1. The number of aromatic carboxylic acids is 1. The molecule has 0 unspecified atom stereocenters. The molecule has 0 fully saturated rings. The van der Waals surface area contributed by atoms with Gasteiger partial charge in [0.15, 0.2) is 5.78 Å². The van der Waals surface area contributed by atoms with E-state index in [1.54, 1.807) is 30.3 Å². The largest absolute Gasteiger partial charge is 0.497 e. The summed E-state index contributed by atoms with van der Waals surface area (Å²) in [5, 5.41) is 9.13. The van der Waals surface area contributed by atoms with Gasteiger partial charge in [0.05, 0.1) is 12.7 Å². The Labute approximate surface area is 110 Å². The van der Waals surface area contributed by atoms with Crippen molar-refractivity contribution in [3.63, 3.8) is 0 Å². The Morgan fingerprint density at radius 2 is 1.68 bits per heavy atom. The summed E-state index contributed by atoms with van der Waals surface area (Å²) >= 11 is 0. The number of hydrogen-bond donors (Lipinski definition) is 1. The standard InChI is InChI=1S/C15H12O4/c1-19-11-7-8-12(15(17)18)13(9-11)14(16)10-5-3-2-4-6-10/h2-9H,1H3,(H,17,18). The molecule has 96 valence electrons. The molecule has 0 aromatic heterocycles. The molecule has 2 aromatic rings. The van der Waals surface area contributed by atoms with Crippen LogP contribution >= 0.6 is 0 Å². The monoisotopic (exact) mass is 256 g/mol. The summed E-state index contributed by atoms with van der Waals surface area (Å²) in [6.45, 7) is 0. The molecular formula is C15H12O4. The molecule has 2 rings (SSSR count). The molecular weight excluding hydrogens is 244 g/mol. The predicted octanol–water partition coefficient (Wildman–Crippen LogP) is 2.62. The molecule has 0 spiro atoms. The number of ether oxygens (including phenoxy) is 1. The van der Waals surface area contributed by atoms with Crippen molar-refractivity contribution in [2.24, 2.45) is 0 Å². The maximum atomic E-state index is 12.3. The average molecular weight is 256 g/mol. The topological polar surface area (TPSA) is 63.6 Å². The summed E-state index contributed by atoms with van der Waals surface area (Å²) in [6, 6.07) is 12.9. The molecule has 0 radical (unpaired) electrons. The van der Waals surface area contributed by atoms with E-state index >= 15 is 0 Å². The van der Waals surface area contributed by atoms with E-state index in [0.29, 0.717) is 11.3 Å². The minimum atomic E-state index is -1.14. The zero-order valence-electron chi connectivity index (χ0n) is 10.3. The van der Waals surface area contributed by atoms with Crippen molar-refractivity contribution in [3.8, 4) is 5.75 Å². The van der Waals surface area contributed by atoms with Gasteiger partial charge >= 0.3 is 5.97 Å². The van der Waals surface area contributed by atoms with E-state index in [9.17, 15) is 9.59 Å². The number of ketones is 1. The molecule has 0 saturated carbocycles. The van der Waals surface area contributed by atoms with Gasteiger partial charge in [0, 0.05) is 11.1 Å². The summed E-state index contributed by atoms with van der Waals surface area (Å²) in [5.74, 6) is -1.02. The van der Waals surface area contributed by atoms with Crippen molar-refractivity contribution in [3.05, 3.63) is 65.2 Å². The second kappa shape index (κ2) is 5.35. The zero-order valence-corrected chi connectivity index (χ0v) is 10.3. The Morgan fingerprint density at radius 3 is 2.26 bits per heavy atom. The van der Waals surface area contributed by atoms with Gasteiger partial charge in [0.2, 0.25) is 0 Å². The van der Waals surface area contributed by atoms with E-state index in [1.165, 1.54) is 25.3 Å². The van der Waals surface area contributed by atoms with Crippen LogP contribution in [0.1, 0.15) is 26.3 Å². The molecule has 0 saturated heterocycles. The van der Waals surface area contributed by atoms with Crippen molar-refractivity contribution in [1.82, 2.24) is 0 Å². The van der Waals surface area contributed by atoms with E-state index in [0.717, 1.165) is 0 Å². The number of benzene rings is 2. The average Bonchev–Trinajstić information content (AvgIpc) is 2.46. The maximum Gasteiger partial charge on any atom is 0.336 e. The number of methoxy groups -OCH3 is 1. The second-order valence-electron chi connectivity index (χ2n) is 3.91. The van der Waals surface area contributed by atoms with Gasteiger partial charge in [-0.15, -0.1) is 0 Å². The molecule has 4 heteroatoms. The highest BCUT2D eigenvalue weighted by Crippen LogP contribution is 2.21. The lowest BCUT2D eigenvalue weighted by molar-refractivity contribution is 0.0692. The molecule has 0 heterocycles. The molecule has 2 aromatic carbocycles.